The van der Waals surface area contributed by atoms with Gasteiger partial charge >= 0.3 is 0 Å². The van der Waals surface area contributed by atoms with Crippen LogP contribution in [0, 0.1) is 0 Å². The zero-order valence-electron chi connectivity index (χ0n) is 49.1. The van der Waals surface area contributed by atoms with Gasteiger partial charge in [-0.3, -0.25) is 4.79 Å². The van der Waals surface area contributed by atoms with Gasteiger partial charge in [-0.05, 0) is 116 Å². The third-order valence-corrected chi connectivity index (χ3v) is 13.6. The summed E-state index contributed by atoms with van der Waals surface area (Å²) >= 11 is 0. The van der Waals surface area contributed by atoms with E-state index in [1.165, 1.54) is 83.5 Å². The largest absolute Gasteiger partial charge is 0.394 e. The Hall–Kier alpha value is -3.93. The first-order valence-electron chi connectivity index (χ1n) is 31.1. The minimum Gasteiger partial charge on any atom is -0.394 e. The Bertz CT molecular complexity index is 1730. The Balaban J connectivity index is 2.17. The van der Waals surface area contributed by atoms with Gasteiger partial charge in [0.05, 0.1) is 25.4 Å². The van der Waals surface area contributed by atoms with E-state index in [1.54, 1.807) is 6.08 Å². The second-order valence-electron chi connectivity index (χ2n) is 20.7. The first kappa shape index (κ1) is 72.1. The van der Waals surface area contributed by atoms with Crippen LogP contribution in [0.1, 0.15) is 226 Å². The van der Waals surface area contributed by atoms with Crippen molar-refractivity contribution in [3.05, 3.63) is 146 Å². The molecule has 0 aromatic carbocycles. The molecule has 9 heteroatoms. The van der Waals surface area contributed by atoms with Crippen LogP contribution in [-0.2, 0) is 14.3 Å². The number of nitrogens with one attached hydrogen (secondary N) is 1. The Morgan fingerprint density at radius 2 is 0.808 bits per heavy atom. The molecular weight excluding hydrogens is 971 g/mol. The predicted octanol–water partition coefficient (Wildman–Crippen LogP) is 16.2. The molecule has 0 spiro atoms. The molecule has 1 saturated heterocycles. The van der Waals surface area contributed by atoms with Crippen molar-refractivity contribution in [2.45, 2.75) is 269 Å². The first-order valence-corrected chi connectivity index (χ1v) is 31.1. The molecule has 0 aliphatic carbocycles. The molecule has 1 rings (SSSR count). The van der Waals surface area contributed by atoms with Gasteiger partial charge in [0.2, 0.25) is 5.91 Å². The lowest BCUT2D eigenvalue weighted by atomic mass is 9.99. The number of carbonyl (C=O) groups is 1. The van der Waals surface area contributed by atoms with Gasteiger partial charge in [-0.25, -0.2) is 0 Å². The van der Waals surface area contributed by atoms with Crippen LogP contribution >= 0.6 is 0 Å². The number of ether oxygens (including phenoxy) is 2. The highest BCUT2D eigenvalue weighted by Gasteiger charge is 2.44. The van der Waals surface area contributed by atoms with E-state index >= 15 is 0 Å². The van der Waals surface area contributed by atoms with Gasteiger partial charge in [-0.1, -0.05) is 250 Å². The summed E-state index contributed by atoms with van der Waals surface area (Å²) in [6.45, 7) is 3.62. The Labute approximate surface area is 476 Å². The molecule has 1 heterocycles. The maximum atomic E-state index is 13.1. The normalized spacial score (nSPS) is 19.7. The number of carbonyl (C=O) groups excluding carboxylic acids is 1. The number of allylic oxidation sites excluding steroid dienone is 23. The third kappa shape index (κ3) is 44.9. The molecule has 1 aliphatic heterocycles. The monoisotopic (exact) mass is 1080 g/mol. The quantitative estimate of drug-likeness (QED) is 0.0261. The molecule has 9 nitrogen and oxygen atoms in total. The maximum absolute atomic E-state index is 13.1. The van der Waals surface area contributed by atoms with Crippen LogP contribution in [0.15, 0.2) is 146 Å². The van der Waals surface area contributed by atoms with Crippen molar-refractivity contribution in [1.29, 1.82) is 0 Å². The molecule has 0 radical (unpaired) electrons. The van der Waals surface area contributed by atoms with Gasteiger partial charge < -0.3 is 40.3 Å². The molecule has 1 amide bonds. The van der Waals surface area contributed by atoms with Crippen molar-refractivity contribution in [2.24, 2.45) is 0 Å². The van der Waals surface area contributed by atoms with Crippen LogP contribution in [0.3, 0.4) is 0 Å². The summed E-state index contributed by atoms with van der Waals surface area (Å²) in [6.07, 6.45) is 80.6. The molecule has 0 bridgehead atoms. The molecule has 1 fully saturated rings. The number of aliphatic hydroxyl groups excluding tert-OH is 5. The smallest absolute Gasteiger partial charge is 0.220 e. The number of hydrogen-bond donors (Lipinski definition) is 6. The lowest BCUT2D eigenvalue weighted by Gasteiger charge is -2.40. The fourth-order valence-corrected chi connectivity index (χ4v) is 8.77. The fourth-order valence-electron chi connectivity index (χ4n) is 8.77. The molecule has 1 aliphatic rings. The second kappa shape index (κ2) is 56.3. The minimum absolute atomic E-state index is 0.200. The van der Waals surface area contributed by atoms with Crippen LogP contribution in [0.4, 0.5) is 0 Å². The summed E-state index contributed by atoms with van der Waals surface area (Å²) in [5, 5.41) is 54.5. The maximum Gasteiger partial charge on any atom is 0.220 e. The summed E-state index contributed by atoms with van der Waals surface area (Å²) < 4.78 is 11.2. The zero-order chi connectivity index (χ0) is 56.5. The number of unbranched alkanes of at least 4 members (excludes halogenated alkanes) is 19. The number of rotatable bonds is 51. The van der Waals surface area contributed by atoms with Gasteiger partial charge in [0.15, 0.2) is 6.29 Å². The molecule has 7 unspecified atom stereocenters. The standard InChI is InChI=1S/C69H113NO8/c1-3-5-7-9-11-13-15-17-19-21-22-23-24-25-26-27-28-29-30-31-32-33-34-35-36-37-38-39-40-41-42-43-45-47-49-51-53-55-57-59-65(73)70-62(61-77-69-68(76)67(75)66(74)64(60-71)78-69)63(72)58-56-54-52-50-48-46-44-20-18-16-14-12-10-8-6-4-2/h5,7,11,13,17-20,22-23,25-26,28-29,31-32,34-35,37-38,48,50,56,58,62-64,66-69,71-72,74-76H,3-4,6,8-10,12,14-16,21,24,27,30,33,36,39-47,49,51-55,57,59-61H2,1-2H3,(H,70,73)/b7-5-,13-11-,19-17-,20-18+,23-22-,26-25-,29-28-,32-31-,35-34-,38-37-,50-48+,58-56+. The van der Waals surface area contributed by atoms with E-state index in [1.807, 2.05) is 6.08 Å². The predicted molar refractivity (Wildman–Crippen MR) is 331 cm³/mol. The van der Waals surface area contributed by atoms with Crippen molar-refractivity contribution < 1.29 is 39.8 Å². The summed E-state index contributed by atoms with van der Waals surface area (Å²) in [5.41, 5.74) is 0. The Morgan fingerprint density at radius 1 is 0.449 bits per heavy atom. The van der Waals surface area contributed by atoms with E-state index in [4.69, 9.17) is 9.47 Å². The van der Waals surface area contributed by atoms with E-state index in [2.05, 4.69) is 153 Å². The van der Waals surface area contributed by atoms with E-state index in [0.717, 1.165) is 122 Å². The zero-order valence-corrected chi connectivity index (χ0v) is 49.1. The van der Waals surface area contributed by atoms with Crippen molar-refractivity contribution in [2.75, 3.05) is 13.2 Å². The molecular formula is C69H113NO8. The lowest BCUT2D eigenvalue weighted by Crippen LogP contribution is -2.60. The highest BCUT2D eigenvalue weighted by atomic mass is 16.7. The van der Waals surface area contributed by atoms with Gasteiger partial charge in [-0.15, -0.1) is 0 Å². The number of hydrogen-bond acceptors (Lipinski definition) is 8. The molecule has 0 saturated carbocycles. The molecule has 7 atom stereocenters. The summed E-state index contributed by atoms with van der Waals surface area (Å²) in [4.78, 5) is 13.1. The Kier molecular flexibility index (Phi) is 52.1. The van der Waals surface area contributed by atoms with Crippen LogP contribution in [-0.4, -0.2) is 87.5 Å². The van der Waals surface area contributed by atoms with Gasteiger partial charge in [0.25, 0.3) is 0 Å². The first-order chi connectivity index (χ1) is 38.3. The van der Waals surface area contributed by atoms with Crippen molar-refractivity contribution in [3.8, 4) is 0 Å². The molecule has 0 aromatic rings. The van der Waals surface area contributed by atoms with E-state index in [9.17, 15) is 30.3 Å². The minimum atomic E-state index is -1.58. The topological polar surface area (TPSA) is 149 Å². The number of aliphatic hydroxyl groups is 5. The summed E-state index contributed by atoms with van der Waals surface area (Å²) in [6, 6.07) is -0.839. The average molecular weight is 1080 g/mol. The van der Waals surface area contributed by atoms with Crippen LogP contribution in [0.25, 0.3) is 0 Å². The summed E-state index contributed by atoms with van der Waals surface area (Å²) in [7, 11) is 0. The SMILES string of the molecule is CC/C=C\C/C=C\C/C=C\C/C=C\C/C=C\C/C=C\C/C=C\C/C=C\C/C=C\CCCCCCCCCCCCCC(=O)NC(COC1OC(CO)C(O)C(O)C1O)C(O)/C=C/CC/C=C/CC/C=C/CCCCCCCC. The Morgan fingerprint density at radius 3 is 1.23 bits per heavy atom. The second-order valence-corrected chi connectivity index (χ2v) is 20.7. The average Bonchev–Trinajstić information content (AvgIpc) is 3.45. The van der Waals surface area contributed by atoms with Crippen LogP contribution in [0.5, 0.6) is 0 Å². The molecule has 442 valence electrons. The van der Waals surface area contributed by atoms with E-state index in [0.29, 0.717) is 6.42 Å². The van der Waals surface area contributed by atoms with Gasteiger partial charge in [-0.2, -0.15) is 0 Å². The van der Waals surface area contributed by atoms with Crippen molar-refractivity contribution in [1.82, 2.24) is 5.32 Å². The molecule has 78 heavy (non-hydrogen) atoms. The summed E-state index contributed by atoms with van der Waals surface area (Å²) in [5.74, 6) is -0.200. The third-order valence-electron chi connectivity index (χ3n) is 13.6. The van der Waals surface area contributed by atoms with Gasteiger partial charge in [0.1, 0.15) is 24.4 Å². The van der Waals surface area contributed by atoms with Crippen LogP contribution < -0.4 is 5.32 Å². The highest BCUT2D eigenvalue weighted by Crippen LogP contribution is 2.23. The lowest BCUT2D eigenvalue weighted by molar-refractivity contribution is -0.302. The van der Waals surface area contributed by atoms with E-state index < -0.39 is 49.5 Å². The highest BCUT2D eigenvalue weighted by molar-refractivity contribution is 5.76. The van der Waals surface area contributed by atoms with Gasteiger partial charge in [0, 0.05) is 6.42 Å². The fraction of sp³-hybridized carbons (Fsp3) is 0.638. The van der Waals surface area contributed by atoms with Crippen molar-refractivity contribution >= 4 is 5.91 Å². The van der Waals surface area contributed by atoms with Crippen molar-refractivity contribution in [3.63, 3.8) is 0 Å². The molecule has 0 aromatic heterocycles. The van der Waals surface area contributed by atoms with E-state index in [-0.39, 0.29) is 12.5 Å². The number of amides is 1. The molecule has 6 N–H and O–H groups in total. The van der Waals surface area contributed by atoms with Crippen LogP contribution in [0.2, 0.25) is 0 Å².